The molecule has 2 aromatic rings. The van der Waals surface area contributed by atoms with E-state index in [0.29, 0.717) is 16.3 Å². The van der Waals surface area contributed by atoms with E-state index in [2.05, 4.69) is 0 Å². The highest BCUT2D eigenvalue weighted by molar-refractivity contribution is 7.89. The molecule has 0 saturated carbocycles. The summed E-state index contributed by atoms with van der Waals surface area (Å²) in [7, 11) is -3.94. The number of hydrogen-bond acceptors (Lipinski definition) is 5. The standard InChI is InChI=1S/C17H15ClN2O4S/c1-12-8-15(6-7-16(12)18)24-10-17(21)20-25(22,23)11-14-5-3-2-4-13(14)9-19/h2-8H,10-11H2,1H3,(H,20,21). The van der Waals surface area contributed by atoms with Crippen molar-refractivity contribution < 1.29 is 17.9 Å². The topological polar surface area (TPSA) is 96.3 Å². The van der Waals surface area contributed by atoms with Crippen LogP contribution >= 0.6 is 11.6 Å². The van der Waals surface area contributed by atoms with Gasteiger partial charge in [0.2, 0.25) is 10.0 Å². The van der Waals surface area contributed by atoms with Crippen LogP contribution in [0.15, 0.2) is 42.5 Å². The van der Waals surface area contributed by atoms with Gasteiger partial charge in [0, 0.05) is 5.02 Å². The summed E-state index contributed by atoms with van der Waals surface area (Å²) in [4.78, 5) is 11.8. The number of carbonyl (C=O) groups is 1. The van der Waals surface area contributed by atoms with E-state index in [-0.39, 0.29) is 5.56 Å². The second-order valence-electron chi connectivity index (χ2n) is 5.25. The van der Waals surface area contributed by atoms with Crippen LogP contribution in [0.1, 0.15) is 16.7 Å². The maximum Gasteiger partial charge on any atom is 0.271 e. The number of nitrogens with one attached hydrogen (secondary N) is 1. The van der Waals surface area contributed by atoms with E-state index in [1.807, 2.05) is 10.8 Å². The van der Waals surface area contributed by atoms with E-state index in [9.17, 15) is 13.2 Å². The van der Waals surface area contributed by atoms with E-state index < -0.39 is 28.3 Å². The molecule has 0 atom stereocenters. The Bertz CT molecular complexity index is 936. The Morgan fingerprint density at radius 2 is 2.00 bits per heavy atom. The lowest BCUT2D eigenvalue weighted by Gasteiger charge is -2.10. The molecule has 0 aliphatic heterocycles. The third-order valence-corrected chi connectivity index (χ3v) is 4.91. The molecule has 8 heteroatoms. The summed E-state index contributed by atoms with van der Waals surface area (Å²) >= 11 is 5.90. The minimum Gasteiger partial charge on any atom is -0.484 e. The van der Waals surface area contributed by atoms with Crippen LogP contribution in [0.5, 0.6) is 5.75 Å². The van der Waals surface area contributed by atoms with Crippen molar-refractivity contribution in [3.63, 3.8) is 0 Å². The summed E-state index contributed by atoms with van der Waals surface area (Å²) in [5.41, 5.74) is 1.34. The fourth-order valence-corrected chi connectivity index (χ4v) is 3.31. The monoisotopic (exact) mass is 378 g/mol. The molecule has 0 fully saturated rings. The fourth-order valence-electron chi connectivity index (χ4n) is 2.05. The highest BCUT2D eigenvalue weighted by atomic mass is 35.5. The molecule has 0 radical (unpaired) electrons. The third-order valence-electron chi connectivity index (χ3n) is 3.25. The summed E-state index contributed by atoms with van der Waals surface area (Å²) in [5, 5.41) is 9.55. The van der Waals surface area contributed by atoms with Crippen LogP contribution in [-0.2, 0) is 20.6 Å². The Balaban J connectivity index is 1.96. The number of amides is 1. The van der Waals surface area contributed by atoms with Gasteiger partial charge in [0.1, 0.15) is 5.75 Å². The predicted octanol–water partition coefficient (Wildman–Crippen LogP) is 2.55. The van der Waals surface area contributed by atoms with Crippen LogP contribution in [0.3, 0.4) is 0 Å². The number of carbonyl (C=O) groups excluding carboxylic acids is 1. The van der Waals surface area contributed by atoms with Gasteiger partial charge >= 0.3 is 0 Å². The summed E-state index contributed by atoms with van der Waals surface area (Å²) in [5.74, 6) is -0.867. The molecular formula is C17H15ClN2O4S. The van der Waals surface area contributed by atoms with Gasteiger partial charge < -0.3 is 4.74 Å². The Morgan fingerprint density at radius 1 is 1.28 bits per heavy atom. The number of nitriles is 1. The molecule has 1 N–H and O–H groups in total. The van der Waals surface area contributed by atoms with E-state index in [4.69, 9.17) is 21.6 Å². The van der Waals surface area contributed by atoms with Crippen LogP contribution in [0.2, 0.25) is 5.02 Å². The molecule has 2 aromatic carbocycles. The van der Waals surface area contributed by atoms with Gasteiger partial charge in [0.25, 0.3) is 5.91 Å². The molecule has 0 aromatic heterocycles. The summed E-state index contributed by atoms with van der Waals surface area (Å²) in [6.07, 6.45) is 0. The van der Waals surface area contributed by atoms with Crippen molar-refractivity contribution in [2.24, 2.45) is 0 Å². The largest absolute Gasteiger partial charge is 0.484 e. The number of nitrogens with zero attached hydrogens (tertiary/aromatic N) is 1. The first-order chi connectivity index (χ1) is 11.8. The zero-order valence-electron chi connectivity index (χ0n) is 13.3. The normalized spacial score (nSPS) is 10.8. The van der Waals surface area contributed by atoms with Gasteiger partial charge in [0.15, 0.2) is 6.61 Å². The first kappa shape index (κ1) is 18.8. The fraction of sp³-hybridized carbons (Fsp3) is 0.176. The van der Waals surface area contributed by atoms with Gasteiger partial charge in [-0.1, -0.05) is 29.8 Å². The van der Waals surface area contributed by atoms with Crippen LogP contribution in [0.25, 0.3) is 0 Å². The molecule has 0 aliphatic rings. The molecule has 0 bridgehead atoms. The van der Waals surface area contributed by atoms with Crippen molar-refractivity contribution in [1.29, 1.82) is 5.26 Å². The summed E-state index contributed by atoms with van der Waals surface area (Å²) in [6, 6.07) is 13.1. The lowest BCUT2D eigenvalue weighted by Crippen LogP contribution is -2.35. The number of rotatable bonds is 6. The summed E-state index contributed by atoms with van der Waals surface area (Å²) in [6.45, 7) is 1.33. The smallest absolute Gasteiger partial charge is 0.271 e. The van der Waals surface area contributed by atoms with E-state index in [1.165, 1.54) is 12.1 Å². The van der Waals surface area contributed by atoms with Crippen molar-refractivity contribution in [1.82, 2.24) is 4.72 Å². The minimum atomic E-state index is -3.94. The van der Waals surface area contributed by atoms with Crippen molar-refractivity contribution in [2.45, 2.75) is 12.7 Å². The van der Waals surface area contributed by atoms with Gasteiger partial charge in [-0.25, -0.2) is 13.1 Å². The maximum absolute atomic E-state index is 12.1. The number of ether oxygens (including phenoxy) is 1. The minimum absolute atomic E-state index is 0.244. The van der Waals surface area contributed by atoms with Crippen molar-refractivity contribution >= 4 is 27.5 Å². The molecule has 130 valence electrons. The van der Waals surface area contributed by atoms with Crippen molar-refractivity contribution in [3.05, 3.63) is 64.2 Å². The third kappa shape index (κ3) is 5.48. The van der Waals surface area contributed by atoms with E-state index in [1.54, 1.807) is 37.3 Å². The SMILES string of the molecule is Cc1cc(OCC(=O)NS(=O)(=O)Cc2ccccc2C#N)ccc1Cl. The summed E-state index contributed by atoms with van der Waals surface area (Å²) < 4.78 is 31.3. The van der Waals surface area contributed by atoms with E-state index >= 15 is 0 Å². The van der Waals surface area contributed by atoms with E-state index in [0.717, 1.165) is 5.56 Å². The van der Waals surface area contributed by atoms with Crippen molar-refractivity contribution in [2.75, 3.05) is 6.61 Å². The molecule has 2 rings (SSSR count). The maximum atomic E-state index is 12.1. The van der Waals surface area contributed by atoms with Gasteiger partial charge in [-0.15, -0.1) is 0 Å². The molecule has 0 unspecified atom stereocenters. The Hall–Kier alpha value is -2.56. The molecular weight excluding hydrogens is 364 g/mol. The molecule has 0 heterocycles. The van der Waals surface area contributed by atoms with Gasteiger partial charge in [-0.2, -0.15) is 5.26 Å². The van der Waals surface area contributed by atoms with Gasteiger partial charge in [-0.05, 0) is 42.3 Å². The molecule has 0 aliphatic carbocycles. The average Bonchev–Trinajstić information content (AvgIpc) is 2.55. The Kier molecular flexibility index (Phi) is 6.02. The molecule has 1 amide bonds. The zero-order chi connectivity index (χ0) is 18.4. The average molecular weight is 379 g/mol. The number of halogens is 1. The lowest BCUT2D eigenvalue weighted by atomic mass is 10.1. The quantitative estimate of drug-likeness (QED) is 0.833. The highest BCUT2D eigenvalue weighted by Gasteiger charge is 2.17. The number of aryl methyl sites for hydroxylation is 1. The first-order valence-electron chi connectivity index (χ1n) is 7.21. The second kappa shape index (κ2) is 8.01. The second-order valence-corrected chi connectivity index (χ2v) is 7.38. The highest BCUT2D eigenvalue weighted by Crippen LogP contribution is 2.20. The van der Waals surface area contributed by atoms with Crippen LogP contribution in [0.4, 0.5) is 0 Å². The molecule has 0 spiro atoms. The van der Waals surface area contributed by atoms with Gasteiger partial charge in [-0.3, -0.25) is 4.79 Å². The number of hydrogen-bond donors (Lipinski definition) is 1. The zero-order valence-corrected chi connectivity index (χ0v) is 14.9. The molecule has 25 heavy (non-hydrogen) atoms. The van der Waals surface area contributed by atoms with Gasteiger partial charge in [0.05, 0.1) is 17.4 Å². The van der Waals surface area contributed by atoms with Crippen LogP contribution in [0, 0.1) is 18.3 Å². The Morgan fingerprint density at radius 3 is 2.68 bits per heavy atom. The van der Waals surface area contributed by atoms with Crippen LogP contribution < -0.4 is 9.46 Å². The Labute approximate surface area is 151 Å². The van der Waals surface area contributed by atoms with Crippen molar-refractivity contribution in [3.8, 4) is 11.8 Å². The number of sulfonamides is 1. The van der Waals surface area contributed by atoms with Crippen LogP contribution in [-0.4, -0.2) is 20.9 Å². The molecule has 6 nitrogen and oxygen atoms in total. The number of benzene rings is 2. The lowest BCUT2D eigenvalue weighted by molar-refractivity contribution is -0.121. The molecule has 0 saturated heterocycles. The first-order valence-corrected chi connectivity index (χ1v) is 9.24. The predicted molar refractivity (Wildman–Crippen MR) is 93.6 cm³/mol.